The maximum atomic E-state index is 13.9. The zero-order valence-corrected chi connectivity index (χ0v) is 18.1. The van der Waals surface area contributed by atoms with E-state index in [4.69, 9.17) is 9.73 Å². The summed E-state index contributed by atoms with van der Waals surface area (Å²) in [5.41, 5.74) is 0.616. The lowest BCUT2D eigenvalue weighted by molar-refractivity contribution is 0.177. The van der Waals surface area contributed by atoms with E-state index >= 15 is 0 Å². The molecular weight excluding hydrogens is 385 g/mol. The van der Waals surface area contributed by atoms with Crippen molar-refractivity contribution >= 4 is 11.6 Å². The van der Waals surface area contributed by atoms with Crippen LogP contribution in [-0.2, 0) is 24.3 Å². The third kappa shape index (κ3) is 5.91. The fourth-order valence-corrected chi connectivity index (χ4v) is 3.56. The Kier molecular flexibility index (Phi) is 8.01. The van der Waals surface area contributed by atoms with Crippen LogP contribution in [0.5, 0.6) is 0 Å². The fraction of sp³-hybridized carbons (Fsp3) is 0.571. The number of guanidine groups is 1. The molecule has 2 aromatic rings. The van der Waals surface area contributed by atoms with Crippen molar-refractivity contribution < 1.29 is 9.13 Å². The highest BCUT2D eigenvalue weighted by Crippen LogP contribution is 2.17. The molecule has 0 fully saturated rings. The summed E-state index contributed by atoms with van der Waals surface area (Å²) >= 11 is 0. The predicted molar refractivity (Wildman–Crippen MR) is 116 cm³/mol. The molecule has 0 aliphatic carbocycles. The van der Waals surface area contributed by atoms with E-state index in [1.54, 1.807) is 19.2 Å². The lowest BCUT2D eigenvalue weighted by atomic mass is 10.1. The van der Waals surface area contributed by atoms with Gasteiger partial charge in [-0.15, -0.1) is 0 Å². The maximum absolute atomic E-state index is 13.9. The summed E-state index contributed by atoms with van der Waals surface area (Å²) in [5.74, 6) is 2.35. The normalized spacial score (nSPS) is 16.3. The minimum Gasteiger partial charge on any atom is -0.377 e. The number of rotatable bonds is 9. The summed E-state index contributed by atoms with van der Waals surface area (Å²) in [6.45, 7) is 5.43. The van der Waals surface area contributed by atoms with E-state index in [1.165, 1.54) is 6.07 Å². The van der Waals surface area contributed by atoms with Gasteiger partial charge in [-0.3, -0.25) is 4.99 Å². The zero-order valence-electron chi connectivity index (χ0n) is 18.1. The number of fused-ring (bicyclic) bond motifs is 1. The highest BCUT2D eigenvalue weighted by atomic mass is 19.1. The van der Waals surface area contributed by atoms with Crippen LogP contribution in [0.25, 0.3) is 0 Å². The van der Waals surface area contributed by atoms with E-state index < -0.39 is 0 Å². The summed E-state index contributed by atoms with van der Waals surface area (Å²) in [5, 5.41) is 11.3. The van der Waals surface area contributed by atoms with Crippen LogP contribution in [0.2, 0.25) is 0 Å². The number of anilines is 1. The molecule has 0 spiro atoms. The number of hydrogen-bond acceptors (Lipinski definition) is 5. The molecule has 1 aromatic carbocycles. The third-order valence-corrected chi connectivity index (χ3v) is 5.05. The van der Waals surface area contributed by atoms with Gasteiger partial charge in [-0.05, 0) is 31.9 Å². The summed E-state index contributed by atoms with van der Waals surface area (Å²) in [6, 6.07) is 7.08. The van der Waals surface area contributed by atoms with E-state index in [9.17, 15) is 4.39 Å². The Bertz CT molecular complexity index is 839. The van der Waals surface area contributed by atoms with Gasteiger partial charge in [-0.1, -0.05) is 12.1 Å². The number of hydrogen-bond donors (Lipinski definition) is 2. The van der Waals surface area contributed by atoms with E-state index in [2.05, 4.69) is 27.6 Å². The molecule has 0 amide bonds. The van der Waals surface area contributed by atoms with Gasteiger partial charge in [0.2, 0.25) is 0 Å². The molecule has 0 radical (unpaired) electrons. The molecule has 30 heavy (non-hydrogen) atoms. The number of halogens is 1. The molecule has 0 saturated carbocycles. The smallest absolute Gasteiger partial charge is 0.191 e. The average molecular weight is 418 g/mol. The molecule has 1 atom stereocenters. The van der Waals surface area contributed by atoms with Crippen LogP contribution in [0.3, 0.4) is 0 Å². The molecule has 3 rings (SSSR count). The molecule has 9 heteroatoms. The lowest BCUT2D eigenvalue weighted by Gasteiger charge is -2.25. The highest BCUT2D eigenvalue weighted by Gasteiger charge is 2.22. The Morgan fingerprint density at radius 1 is 1.40 bits per heavy atom. The predicted octanol–water partition coefficient (Wildman–Crippen LogP) is 1.96. The second-order valence-electron chi connectivity index (χ2n) is 7.43. The first-order valence-corrected chi connectivity index (χ1v) is 10.5. The number of methoxy groups -OCH3 is 1. The number of aromatic nitrogens is 3. The van der Waals surface area contributed by atoms with Gasteiger partial charge in [0.1, 0.15) is 18.2 Å². The summed E-state index contributed by atoms with van der Waals surface area (Å²) in [7, 11) is 3.55. The topological polar surface area (TPSA) is 79.6 Å². The molecule has 2 N–H and O–H groups in total. The van der Waals surface area contributed by atoms with Crippen molar-refractivity contribution in [3.63, 3.8) is 0 Å². The van der Waals surface area contributed by atoms with Crippen molar-refractivity contribution in [2.75, 3.05) is 38.7 Å². The monoisotopic (exact) mass is 417 g/mol. The van der Waals surface area contributed by atoms with Crippen LogP contribution in [0.4, 0.5) is 10.1 Å². The van der Waals surface area contributed by atoms with E-state index in [0.717, 1.165) is 56.5 Å². The molecule has 2 heterocycles. The van der Waals surface area contributed by atoms with E-state index in [1.807, 2.05) is 22.7 Å². The lowest BCUT2D eigenvalue weighted by Crippen LogP contribution is -2.47. The summed E-state index contributed by atoms with van der Waals surface area (Å²) in [4.78, 5) is 11.1. The largest absolute Gasteiger partial charge is 0.377 e. The number of nitrogens with one attached hydrogen (secondary N) is 2. The van der Waals surface area contributed by atoms with Crippen molar-refractivity contribution in [1.29, 1.82) is 0 Å². The Hall–Kier alpha value is -2.68. The Labute approximate surface area is 177 Å². The van der Waals surface area contributed by atoms with Crippen molar-refractivity contribution in [3.8, 4) is 0 Å². The van der Waals surface area contributed by atoms with Gasteiger partial charge >= 0.3 is 0 Å². The van der Waals surface area contributed by atoms with Crippen LogP contribution in [-0.4, -0.2) is 60.6 Å². The van der Waals surface area contributed by atoms with E-state index in [0.29, 0.717) is 18.8 Å². The van der Waals surface area contributed by atoms with Gasteiger partial charge in [0, 0.05) is 46.3 Å². The van der Waals surface area contributed by atoms with Gasteiger partial charge in [-0.2, -0.15) is 5.10 Å². The van der Waals surface area contributed by atoms with Gasteiger partial charge < -0.3 is 20.3 Å². The third-order valence-electron chi connectivity index (χ3n) is 5.05. The van der Waals surface area contributed by atoms with Crippen LogP contribution < -0.4 is 15.5 Å². The van der Waals surface area contributed by atoms with Gasteiger partial charge in [0.15, 0.2) is 11.8 Å². The van der Waals surface area contributed by atoms with Crippen molar-refractivity contribution in [2.24, 2.45) is 4.99 Å². The van der Waals surface area contributed by atoms with Gasteiger partial charge in [0.25, 0.3) is 0 Å². The van der Waals surface area contributed by atoms with Crippen LogP contribution in [0.15, 0.2) is 29.3 Å². The minimum absolute atomic E-state index is 0.197. The van der Waals surface area contributed by atoms with Crippen molar-refractivity contribution in [2.45, 2.75) is 45.4 Å². The first-order valence-electron chi connectivity index (χ1n) is 10.5. The quantitative estimate of drug-likeness (QED) is 0.369. The average Bonchev–Trinajstić information content (AvgIpc) is 3.13. The Balaban J connectivity index is 1.50. The molecule has 1 unspecified atom stereocenters. The second-order valence-corrected chi connectivity index (χ2v) is 7.43. The van der Waals surface area contributed by atoms with Crippen LogP contribution in [0, 0.1) is 5.82 Å². The SMILES string of the molecule is CCNC(=NCCCN(C)c1ccccc1F)NC1CCc2nc(COC)nn2C1. The number of nitrogens with zero attached hydrogens (tertiary/aromatic N) is 5. The molecule has 1 aliphatic rings. The summed E-state index contributed by atoms with van der Waals surface area (Å²) < 4.78 is 21.0. The fourth-order valence-electron chi connectivity index (χ4n) is 3.56. The number of aryl methyl sites for hydroxylation is 1. The number of ether oxygens (including phenoxy) is 1. The first-order chi connectivity index (χ1) is 14.6. The number of para-hydroxylation sites is 1. The molecular formula is C21H32FN7O. The number of aliphatic imine (C=N–C) groups is 1. The maximum Gasteiger partial charge on any atom is 0.191 e. The second kappa shape index (κ2) is 10.9. The molecule has 0 bridgehead atoms. The van der Waals surface area contributed by atoms with Crippen LogP contribution in [0.1, 0.15) is 31.4 Å². The minimum atomic E-state index is -0.197. The molecule has 164 valence electrons. The van der Waals surface area contributed by atoms with Gasteiger partial charge in [0.05, 0.1) is 12.2 Å². The first kappa shape index (κ1) is 22.0. The van der Waals surface area contributed by atoms with Crippen molar-refractivity contribution in [3.05, 3.63) is 41.7 Å². The standard InChI is InChI=1S/C21H32FN7O/c1-4-23-21(24-12-7-13-28(2)18-9-6-5-8-17(18)22)25-16-10-11-20-26-19(15-30-3)27-29(20)14-16/h5-6,8-9,16H,4,7,10-15H2,1-3H3,(H2,23,24,25). The van der Waals surface area contributed by atoms with Crippen LogP contribution >= 0.6 is 0 Å². The highest BCUT2D eigenvalue weighted by molar-refractivity contribution is 5.80. The van der Waals surface area contributed by atoms with E-state index in [-0.39, 0.29) is 11.9 Å². The molecule has 8 nitrogen and oxygen atoms in total. The van der Waals surface area contributed by atoms with Crippen molar-refractivity contribution in [1.82, 2.24) is 25.4 Å². The Morgan fingerprint density at radius 3 is 3.00 bits per heavy atom. The summed E-state index contributed by atoms with van der Waals surface area (Å²) in [6.07, 6.45) is 2.69. The Morgan fingerprint density at radius 2 is 2.23 bits per heavy atom. The van der Waals surface area contributed by atoms with Gasteiger partial charge in [-0.25, -0.2) is 14.1 Å². The molecule has 0 saturated heterocycles. The number of benzene rings is 1. The zero-order chi connectivity index (χ0) is 21.3. The molecule has 1 aliphatic heterocycles. The molecule has 1 aromatic heterocycles.